The highest BCUT2D eigenvalue weighted by Gasteiger charge is 2.27. The van der Waals surface area contributed by atoms with Crippen molar-refractivity contribution in [1.82, 2.24) is 5.32 Å². The Morgan fingerprint density at radius 1 is 1.15 bits per heavy atom. The van der Waals surface area contributed by atoms with Crippen LogP contribution in [0.15, 0.2) is 54.6 Å². The average Bonchev–Trinajstić information content (AvgIpc) is 2.96. The molecule has 2 aromatic rings. The van der Waals surface area contributed by atoms with Crippen LogP contribution >= 0.6 is 12.4 Å². The zero-order chi connectivity index (χ0) is 17.8. The molecule has 0 aliphatic carbocycles. The first-order chi connectivity index (χ1) is 12.1. The lowest BCUT2D eigenvalue weighted by Crippen LogP contribution is -2.40. The molecule has 6 heteroatoms. The summed E-state index contributed by atoms with van der Waals surface area (Å²) in [4.78, 5) is 26.2. The van der Waals surface area contributed by atoms with Crippen molar-refractivity contribution >= 4 is 29.9 Å². The zero-order valence-electron chi connectivity index (χ0n) is 14.7. The van der Waals surface area contributed by atoms with Gasteiger partial charge in [0.05, 0.1) is 12.3 Å². The highest BCUT2D eigenvalue weighted by Crippen LogP contribution is 2.27. The van der Waals surface area contributed by atoms with E-state index in [4.69, 9.17) is 5.73 Å². The predicted octanol–water partition coefficient (Wildman–Crippen LogP) is 2.45. The number of fused-ring (bicyclic) bond motifs is 1. The maximum absolute atomic E-state index is 12.4. The number of nitrogens with one attached hydrogen (secondary N) is 1. The molecule has 0 saturated carbocycles. The Kier molecular flexibility index (Phi) is 6.77. The van der Waals surface area contributed by atoms with Gasteiger partial charge in [-0.15, -0.1) is 12.4 Å². The van der Waals surface area contributed by atoms with Crippen molar-refractivity contribution in [2.24, 2.45) is 11.7 Å². The van der Waals surface area contributed by atoms with Crippen LogP contribution in [0.25, 0.3) is 0 Å². The molecule has 2 atom stereocenters. The van der Waals surface area contributed by atoms with Crippen LogP contribution in [0.1, 0.15) is 24.1 Å². The summed E-state index contributed by atoms with van der Waals surface area (Å²) in [5.74, 6) is -0.371. The van der Waals surface area contributed by atoms with Crippen molar-refractivity contribution < 1.29 is 9.59 Å². The fourth-order valence-electron chi connectivity index (χ4n) is 3.14. The molecule has 2 amide bonds. The summed E-state index contributed by atoms with van der Waals surface area (Å²) in [5.41, 5.74) is 9.11. The molecule has 1 aliphatic heterocycles. The van der Waals surface area contributed by atoms with E-state index in [0.717, 1.165) is 16.8 Å². The molecule has 5 nitrogen and oxygen atoms in total. The van der Waals surface area contributed by atoms with Gasteiger partial charge in [-0.2, -0.15) is 0 Å². The first-order valence-electron chi connectivity index (χ1n) is 8.54. The van der Waals surface area contributed by atoms with Gasteiger partial charge in [0, 0.05) is 24.8 Å². The molecule has 3 N–H and O–H groups in total. The Balaban J connectivity index is 0.00000243. The quantitative estimate of drug-likeness (QED) is 0.816. The smallest absolute Gasteiger partial charge is 0.231 e. The number of benzene rings is 2. The number of amides is 2. The van der Waals surface area contributed by atoms with Gasteiger partial charge in [0.15, 0.2) is 0 Å². The van der Waals surface area contributed by atoms with Crippen molar-refractivity contribution in [3.63, 3.8) is 0 Å². The van der Waals surface area contributed by atoms with Gasteiger partial charge in [-0.3, -0.25) is 9.59 Å². The third-order valence-electron chi connectivity index (χ3n) is 4.70. The van der Waals surface area contributed by atoms with E-state index >= 15 is 0 Å². The molecule has 2 unspecified atom stereocenters. The number of nitrogens with two attached hydrogens (primary N) is 1. The van der Waals surface area contributed by atoms with E-state index < -0.39 is 0 Å². The SMILES string of the molecule is CC(C(=O)NCCN1C(=O)Cc2ccccc21)C(N)c1ccccc1.Cl. The van der Waals surface area contributed by atoms with Gasteiger partial charge in [-0.05, 0) is 17.2 Å². The van der Waals surface area contributed by atoms with Crippen LogP contribution in [0.5, 0.6) is 0 Å². The average molecular weight is 374 g/mol. The minimum Gasteiger partial charge on any atom is -0.354 e. The molecule has 2 aromatic carbocycles. The number of hydrogen-bond acceptors (Lipinski definition) is 3. The van der Waals surface area contributed by atoms with Gasteiger partial charge in [0.2, 0.25) is 11.8 Å². The molecular formula is C20H24ClN3O2. The summed E-state index contributed by atoms with van der Waals surface area (Å²) in [5, 5.41) is 2.90. The minimum absolute atomic E-state index is 0. The molecule has 138 valence electrons. The van der Waals surface area contributed by atoms with Crippen molar-refractivity contribution in [2.75, 3.05) is 18.0 Å². The van der Waals surface area contributed by atoms with Crippen molar-refractivity contribution in [3.05, 3.63) is 65.7 Å². The number of nitrogens with zero attached hydrogens (tertiary/aromatic N) is 1. The lowest BCUT2D eigenvalue weighted by Gasteiger charge is -2.21. The van der Waals surface area contributed by atoms with Gasteiger partial charge < -0.3 is 16.0 Å². The Hall–Kier alpha value is -2.37. The van der Waals surface area contributed by atoms with Gasteiger partial charge in [0.25, 0.3) is 0 Å². The molecular weight excluding hydrogens is 350 g/mol. The van der Waals surface area contributed by atoms with Gasteiger partial charge in [-0.25, -0.2) is 0 Å². The van der Waals surface area contributed by atoms with Crippen molar-refractivity contribution in [1.29, 1.82) is 0 Å². The third-order valence-corrected chi connectivity index (χ3v) is 4.70. The first-order valence-corrected chi connectivity index (χ1v) is 8.54. The molecule has 1 heterocycles. The van der Waals surface area contributed by atoms with Crippen LogP contribution in [0, 0.1) is 5.92 Å². The van der Waals surface area contributed by atoms with E-state index in [9.17, 15) is 9.59 Å². The van der Waals surface area contributed by atoms with E-state index in [-0.39, 0.29) is 36.2 Å². The Morgan fingerprint density at radius 2 is 1.81 bits per heavy atom. The number of hydrogen-bond donors (Lipinski definition) is 2. The monoisotopic (exact) mass is 373 g/mol. The summed E-state index contributed by atoms with van der Waals surface area (Å²) in [6.45, 7) is 2.70. The van der Waals surface area contributed by atoms with E-state index in [1.54, 1.807) is 4.90 Å². The maximum atomic E-state index is 12.4. The van der Waals surface area contributed by atoms with Crippen LogP contribution in [0.2, 0.25) is 0 Å². The third kappa shape index (κ3) is 4.23. The molecule has 0 saturated heterocycles. The van der Waals surface area contributed by atoms with Crippen LogP contribution in [-0.4, -0.2) is 24.9 Å². The molecule has 0 aromatic heterocycles. The summed E-state index contributed by atoms with van der Waals surface area (Å²) in [7, 11) is 0. The number of carbonyl (C=O) groups excluding carboxylic acids is 2. The lowest BCUT2D eigenvalue weighted by atomic mass is 9.95. The van der Waals surface area contributed by atoms with Gasteiger partial charge in [0.1, 0.15) is 0 Å². The second kappa shape index (κ2) is 8.83. The standard InChI is InChI=1S/C20H23N3O2.ClH/c1-14(19(21)15-7-3-2-4-8-15)20(25)22-11-12-23-17-10-6-5-9-16(17)13-18(23)24;/h2-10,14,19H,11-13,21H2,1H3,(H,22,25);1H. The Labute approximate surface area is 160 Å². The highest BCUT2D eigenvalue weighted by atomic mass is 35.5. The Bertz CT molecular complexity index is 767. The first kappa shape index (κ1) is 19.9. The Morgan fingerprint density at radius 3 is 2.54 bits per heavy atom. The molecule has 0 bridgehead atoms. The van der Waals surface area contributed by atoms with Crippen molar-refractivity contribution in [3.8, 4) is 0 Å². The van der Waals surface area contributed by atoms with Crippen LogP contribution < -0.4 is 16.0 Å². The fourth-order valence-corrected chi connectivity index (χ4v) is 3.14. The molecule has 3 rings (SSSR count). The van der Waals surface area contributed by atoms with Gasteiger partial charge in [-0.1, -0.05) is 55.5 Å². The molecule has 0 spiro atoms. The van der Waals surface area contributed by atoms with E-state index in [2.05, 4.69) is 5.32 Å². The molecule has 1 aliphatic rings. The molecule has 0 radical (unpaired) electrons. The summed E-state index contributed by atoms with van der Waals surface area (Å²) >= 11 is 0. The number of halogens is 1. The van der Waals surface area contributed by atoms with Crippen molar-refractivity contribution in [2.45, 2.75) is 19.4 Å². The summed E-state index contributed by atoms with van der Waals surface area (Å²) in [6.07, 6.45) is 0.430. The number of rotatable bonds is 6. The van der Waals surface area contributed by atoms with Gasteiger partial charge >= 0.3 is 0 Å². The van der Waals surface area contributed by atoms with E-state index in [1.165, 1.54) is 0 Å². The predicted molar refractivity (Wildman–Crippen MR) is 105 cm³/mol. The fraction of sp³-hybridized carbons (Fsp3) is 0.300. The summed E-state index contributed by atoms with van der Waals surface area (Å²) < 4.78 is 0. The van der Waals surface area contributed by atoms with Crippen LogP contribution in [-0.2, 0) is 16.0 Å². The van der Waals surface area contributed by atoms with E-state index in [0.29, 0.717) is 19.5 Å². The normalized spacial score (nSPS) is 15.0. The number of anilines is 1. The van der Waals surface area contributed by atoms with E-state index in [1.807, 2.05) is 61.5 Å². The molecule has 0 fully saturated rings. The topological polar surface area (TPSA) is 75.4 Å². The maximum Gasteiger partial charge on any atom is 0.231 e. The largest absolute Gasteiger partial charge is 0.354 e. The second-order valence-corrected chi connectivity index (χ2v) is 6.37. The number of carbonyl (C=O) groups is 2. The van der Waals surface area contributed by atoms with Crippen LogP contribution in [0.3, 0.4) is 0 Å². The lowest BCUT2D eigenvalue weighted by molar-refractivity contribution is -0.125. The highest BCUT2D eigenvalue weighted by molar-refractivity contribution is 6.01. The zero-order valence-corrected chi connectivity index (χ0v) is 15.5. The van der Waals surface area contributed by atoms with Crippen LogP contribution in [0.4, 0.5) is 5.69 Å². The second-order valence-electron chi connectivity index (χ2n) is 6.37. The summed E-state index contributed by atoms with van der Waals surface area (Å²) in [6, 6.07) is 17.0. The minimum atomic E-state index is -0.352. The molecule has 26 heavy (non-hydrogen) atoms. The number of para-hydroxylation sites is 1.